The molecule has 0 unspecified atom stereocenters. The first-order valence-corrected chi connectivity index (χ1v) is 12.2. The SMILES string of the molecule is O=C1[C@H]2[C@@H](c3ccc(-c4cc(Cl)ccc4Cl)o3)N(c3ccccc3)O[C@H]2C(=O)N1Cc1ccccc1. The van der Waals surface area contributed by atoms with Crippen molar-refractivity contribution in [2.45, 2.75) is 18.7 Å². The van der Waals surface area contributed by atoms with Gasteiger partial charge < -0.3 is 4.42 Å². The maximum absolute atomic E-state index is 13.7. The van der Waals surface area contributed by atoms with Gasteiger partial charge >= 0.3 is 0 Å². The number of anilines is 1. The number of carbonyl (C=O) groups excluding carboxylic acids is 2. The molecule has 2 aliphatic rings. The van der Waals surface area contributed by atoms with Crippen molar-refractivity contribution in [1.29, 1.82) is 0 Å². The second-order valence-corrected chi connectivity index (χ2v) is 9.58. The van der Waals surface area contributed by atoms with Gasteiger partial charge in [0.05, 0.1) is 17.3 Å². The van der Waals surface area contributed by atoms with Gasteiger partial charge in [-0.1, -0.05) is 71.7 Å². The molecule has 36 heavy (non-hydrogen) atoms. The van der Waals surface area contributed by atoms with Crippen LogP contribution < -0.4 is 5.06 Å². The number of nitrogens with zero attached hydrogens (tertiary/aromatic N) is 2. The number of benzene rings is 3. The normalized spacial score (nSPS) is 21.3. The predicted molar refractivity (Wildman–Crippen MR) is 136 cm³/mol. The fourth-order valence-corrected chi connectivity index (χ4v) is 5.21. The first-order chi connectivity index (χ1) is 17.5. The second kappa shape index (κ2) is 9.13. The lowest BCUT2D eigenvalue weighted by molar-refractivity contribution is -0.143. The highest BCUT2D eigenvalue weighted by Gasteiger charge is 2.60. The lowest BCUT2D eigenvalue weighted by Crippen LogP contribution is -2.36. The monoisotopic (exact) mass is 518 g/mol. The molecule has 0 bridgehead atoms. The molecule has 8 heteroatoms. The number of hydrogen-bond donors (Lipinski definition) is 0. The Balaban J connectivity index is 1.39. The third-order valence-corrected chi connectivity index (χ3v) is 7.08. The average Bonchev–Trinajstić information content (AvgIpc) is 3.59. The van der Waals surface area contributed by atoms with Crippen LogP contribution in [0.5, 0.6) is 0 Å². The molecule has 2 aliphatic heterocycles. The van der Waals surface area contributed by atoms with Crippen LogP contribution in [0.25, 0.3) is 11.3 Å². The molecule has 0 aliphatic carbocycles. The van der Waals surface area contributed by atoms with E-state index in [1.807, 2.05) is 60.7 Å². The first-order valence-electron chi connectivity index (χ1n) is 11.5. The van der Waals surface area contributed by atoms with E-state index in [4.69, 9.17) is 32.5 Å². The summed E-state index contributed by atoms with van der Waals surface area (Å²) < 4.78 is 6.24. The van der Waals surface area contributed by atoms with E-state index in [0.29, 0.717) is 32.8 Å². The van der Waals surface area contributed by atoms with Gasteiger partial charge in [-0.25, -0.2) is 5.06 Å². The molecule has 0 radical (unpaired) electrons. The number of furan rings is 1. The molecular formula is C28H20Cl2N2O4. The Kier molecular flexibility index (Phi) is 5.80. The Morgan fingerprint density at radius 2 is 1.53 bits per heavy atom. The third-order valence-electron chi connectivity index (χ3n) is 6.51. The molecule has 0 saturated carbocycles. The Morgan fingerprint density at radius 1 is 0.806 bits per heavy atom. The van der Waals surface area contributed by atoms with Crippen molar-refractivity contribution in [2.75, 3.05) is 5.06 Å². The number of amides is 2. The Hall–Kier alpha value is -3.58. The number of fused-ring (bicyclic) bond motifs is 1. The number of hydrogen-bond acceptors (Lipinski definition) is 5. The second-order valence-electron chi connectivity index (χ2n) is 8.73. The highest BCUT2D eigenvalue weighted by molar-refractivity contribution is 6.35. The number of likely N-dealkylation sites (tertiary alicyclic amines) is 1. The quantitative estimate of drug-likeness (QED) is 0.290. The summed E-state index contributed by atoms with van der Waals surface area (Å²) >= 11 is 12.6. The van der Waals surface area contributed by atoms with Crippen LogP contribution in [0.4, 0.5) is 5.69 Å². The number of hydroxylamine groups is 1. The molecule has 3 atom stereocenters. The van der Waals surface area contributed by atoms with E-state index in [9.17, 15) is 9.59 Å². The highest BCUT2D eigenvalue weighted by Crippen LogP contribution is 2.48. The fourth-order valence-electron chi connectivity index (χ4n) is 4.82. The van der Waals surface area contributed by atoms with Crippen molar-refractivity contribution in [3.63, 3.8) is 0 Å². The molecule has 3 heterocycles. The lowest BCUT2D eigenvalue weighted by Gasteiger charge is -2.27. The number of rotatable bonds is 5. The van der Waals surface area contributed by atoms with Crippen molar-refractivity contribution in [3.8, 4) is 11.3 Å². The van der Waals surface area contributed by atoms with E-state index < -0.39 is 18.1 Å². The maximum atomic E-state index is 13.7. The van der Waals surface area contributed by atoms with Gasteiger partial charge in [0.2, 0.25) is 5.91 Å². The first kappa shape index (κ1) is 22.9. The van der Waals surface area contributed by atoms with Crippen molar-refractivity contribution >= 4 is 40.7 Å². The standard InChI is InChI=1S/C28H20Cl2N2O4/c29-18-11-12-21(30)20(15-18)22-13-14-23(35-22)25-24-26(36-32(25)19-9-5-2-6-10-19)28(34)31(27(24)33)16-17-7-3-1-4-8-17/h1-15,24-26H,16H2/t24-,25+,26+/m0/s1. The fraction of sp³-hybridized carbons (Fsp3) is 0.143. The minimum atomic E-state index is -0.949. The summed E-state index contributed by atoms with van der Waals surface area (Å²) in [4.78, 5) is 34.4. The molecule has 0 spiro atoms. The zero-order valence-corrected chi connectivity index (χ0v) is 20.4. The highest BCUT2D eigenvalue weighted by atomic mass is 35.5. The zero-order valence-electron chi connectivity index (χ0n) is 18.9. The molecule has 1 aromatic heterocycles. The van der Waals surface area contributed by atoms with Crippen LogP contribution in [-0.2, 0) is 21.0 Å². The summed E-state index contributed by atoms with van der Waals surface area (Å²) in [5.74, 6) is -0.430. The van der Waals surface area contributed by atoms with Crippen molar-refractivity contribution < 1.29 is 18.8 Å². The molecule has 6 rings (SSSR count). The number of halogens is 2. The van der Waals surface area contributed by atoms with Gasteiger partial charge in [0.15, 0.2) is 6.10 Å². The Labute approximate surface area is 217 Å². The molecule has 2 amide bonds. The zero-order chi connectivity index (χ0) is 24.8. The van der Waals surface area contributed by atoms with E-state index in [1.54, 1.807) is 35.4 Å². The van der Waals surface area contributed by atoms with Gasteiger partial charge in [-0.3, -0.25) is 19.3 Å². The van der Waals surface area contributed by atoms with Gasteiger partial charge in [-0.05, 0) is 48.0 Å². The number of carbonyl (C=O) groups is 2. The predicted octanol–water partition coefficient (Wildman–Crippen LogP) is 6.30. The minimum Gasteiger partial charge on any atom is -0.459 e. The molecule has 2 fully saturated rings. The van der Waals surface area contributed by atoms with Crippen LogP contribution in [0.3, 0.4) is 0 Å². The largest absolute Gasteiger partial charge is 0.459 e. The summed E-state index contributed by atoms with van der Waals surface area (Å²) in [6, 6.07) is 26.8. The Bertz CT molecular complexity index is 1440. The van der Waals surface area contributed by atoms with E-state index in [1.165, 1.54) is 4.90 Å². The molecule has 4 aromatic rings. The van der Waals surface area contributed by atoms with E-state index in [2.05, 4.69) is 0 Å². The molecular weight excluding hydrogens is 499 g/mol. The molecule has 2 saturated heterocycles. The van der Waals surface area contributed by atoms with Crippen molar-refractivity contribution in [3.05, 3.63) is 112 Å². The number of para-hydroxylation sites is 1. The van der Waals surface area contributed by atoms with Crippen LogP contribution in [0, 0.1) is 5.92 Å². The third kappa shape index (κ3) is 3.88. The van der Waals surface area contributed by atoms with E-state index >= 15 is 0 Å². The van der Waals surface area contributed by atoms with Crippen LogP contribution >= 0.6 is 23.2 Å². The summed E-state index contributed by atoms with van der Waals surface area (Å²) in [6.07, 6.45) is -0.949. The van der Waals surface area contributed by atoms with Crippen LogP contribution in [-0.4, -0.2) is 22.8 Å². The topological polar surface area (TPSA) is 63.0 Å². The lowest BCUT2D eigenvalue weighted by atomic mass is 9.94. The van der Waals surface area contributed by atoms with Crippen LogP contribution in [0.15, 0.2) is 95.4 Å². The molecule has 6 nitrogen and oxygen atoms in total. The van der Waals surface area contributed by atoms with Gasteiger partial charge in [-0.2, -0.15) is 0 Å². The van der Waals surface area contributed by atoms with Gasteiger partial charge in [0, 0.05) is 10.6 Å². The maximum Gasteiger partial charge on any atom is 0.262 e. The average molecular weight is 519 g/mol. The van der Waals surface area contributed by atoms with Crippen LogP contribution in [0.2, 0.25) is 10.0 Å². The minimum absolute atomic E-state index is 0.189. The van der Waals surface area contributed by atoms with E-state index in [0.717, 1.165) is 5.56 Å². The molecule has 0 N–H and O–H groups in total. The summed E-state index contributed by atoms with van der Waals surface area (Å²) in [6.45, 7) is 0.189. The molecule has 180 valence electrons. The molecule has 3 aromatic carbocycles. The van der Waals surface area contributed by atoms with Crippen molar-refractivity contribution in [1.82, 2.24) is 4.90 Å². The van der Waals surface area contributed by atoms with E-state index in [-0.39, 0.29) is 18.4 Å². The van der Waals surface area contributed by atoms with Gasteiger partial charge in [0.1, 0.15) is 23.5 Å². The number of imide groups is 1. The summed E-state index contributed by atoms with van der Waals surface area (Å²) in [7, 11) is 0. The smallest absolute Gasteiger partial charge is 0.262 e. The van der Waals surface area contributed by atoms with Gasteiger partial charge in [0.25, 0.3) is 5.91 Å². The van der Waals surface area contributed by atoms with Crippen LogP contribution in [0.1, 0.15) is 17.4 Å². The Morgan fingerprint density at radius 3 is 2.28 bits per heavy atom. The summed E-state index contributed by atoms with van der Waals surface area (Å²) in [5, 5.41) is 2.62. The van der Waals surface area contributed by atoms with Gasteiger partial charge in [-0.15, -0.1) is 0 Å². The van der Waals surface area contributed by atoms with Crippen molar-refractivity contribution in [2.24, 2.45) is 5.92 Å². The summed E-state index contributed by atoms with van der Waals surface area (Å²) in [5.41, 5.74) is 2.22.